The quantitative estimate of drug-likeness (QED) is 0.500. The smallest absolute Gasteiger partial charge is 0.337 e. The van der Waals surface area contributed by atoms with Gasteiger partial charge in [-0.2, -0.15) is 0 Å². The average molecular weight is 441 g/mol. The molecule has 1 aromatic heterocycles. The summed E-state index contributed by atoms with van der Waals surface area (Å²) in [4.78, 5) is 21.1. The summed E-state index contributed by atoms with van der Waals surface area (Å²) < 4.78 is 1.75. The van der Waals surface area contributed by atoms with E-state index in [1.54, 1.807) is 17.0 Å². The van der Waals surface area contributed by atoms with Gasteiger partial charge in [-0.05, 0) is 47.0 Å². The molecule has 5 rings (SSSR count). The molecule has 168 valence electrons. The van der Waals surface area contributed by atoms with Gasteiger partial charge in [-0.1, -0.05) is 48.5 Å². The Morgan fingerprint density at radius 2 is 1.61 bits per heavy atom. The molecule has 0 unspecified atom stereocenters. The molecule has 1 N–H and O–H groups in total. The van der Waals surface area contributed by atoms with Crippen LogP contribution in [0.1, 0.15) is 15.9 Å². The number of benzene rings is 3. The number of hydrogen-bond acceptors (Lipinski definition) is 4. The Labute approximate surface area is 193 Å². The summed E-state index contributed by atoms with van der Waals surface area (Å²) >= 11 is 0. The van der Waals surface area contributed by atoms with Crippen LogP contribution in [0.3, 0.4) is 0 Å². The first kappa shape index (κ1) is 21.4. The van der Waals surface area contributed by atoms with Crippen LogP contribution in [-0.2, 0) is 13.6 Å². The van der Waals surface area contributed by atoms with E-state index in [1.807, 2.05) is 13.1 Å². The van der Waals surface area contributed by atoms with Gasteiger partial charge >= 0.3 is 5.97 Å². The number of rotatable bonds is 5. The average Bonchev–Trinajstić information content (AvgIpc) is 3.21. The molecule has 0 atom stereocenters. The summed E-state index contributed by atoms with van der Waals surface area (Å²) in [6.07, 6.45) is 1.65. The van der Waals surface area contributed by atoms with Gasteiger partial charge in [0.05, 0.1) is 22.9 Å². The number of aromatic nitrogens is 2. The van der Waals surface area contributed by atoms with Crippen molar-refractivity contribution in [2.24, 2.45) is 7.05 Å². The van der Waals surface area contributed by atoms with Gasteiger partial charge in [-0.3, -0.25) is 4.90 Å². The third-order valence-corrected chi connectivity index (χ3v) is 6.58. The lowest BCUT2D eigenvalue weighted by atomic mass is 9.95. The number of carboxylic acids is 1. The van der Waals surface area contributed by atoms with E-state index >= 15 is 0 Å². The van der Waals surface area contributed by atoms with Crippen molar-refractivity contribution in [1.82, 2.24) is 19.4 Å². The zero-order chi connectivity index (χ0) is 22.9. The van der Waals surface area contributed by atoms with Gasteiger partial charge in [0, 0.05) is 39.8 Å². The number of nitrogens with zero attached hydrogens (tertiary/aromatic N) is 4. The number of hydrogen-bond donors (Lipinski definition) is 1. The van der Waals surface area contributed by atoms with Gasteiger partial charge in [-0.25, -0.2) is 9.78 Å². The number of piperazine rings is 1. The molecule has 1 aliphatic heterocycles. The summed E-state index contributed by atoms with van der Waals surface area (Å²) in [5, 5.41) is 9.72. The van der Waals surface area contributed by atoms with Crippen molar-refractivity contribution >= 4 is 17.0 Å². The van der Waals surface area contributed by atoms with Gasteiger partial charge in [0.25, 0.3) is 0 Å². The van der Waals surface area contributed by atoms with E-state index in [4.69, 9.17) is 0 Å². The molecule has 0 bridgehead atoms. The highest BCUT2D eigenvalue weighted by Gasteiger charge is 2.17. The van der Waals surface area contributed by atoms with Crippen LogP contribution in [0, 0.1) is 0 Å². The number of fused-ring (bicyclic) bond motifs is 1. The van der Waals surface area contributed by atoms with Crippen LogP contribution in [0.25, 0.3) is 33.3 Å². The fraction of sp³-hybridized carbons (Fsp3) is 0.259. The first-order valence-electron chi connectivity index (χ1n) is 11.3. The van der Waals surface area contributed by atoms with E-state index in [0.29, 0.717) is 11.0 Å². The number of aryl methyl sites for hydroxylation is 1. The Kier molecular flexibility index (Phi) is 5.70. The first-order chi connectivity index (χ1) is 16.0. The molecule has 0 radical (unpaired) electrons. The van der Waals surface area contributed by atoms with Crippen molar-refractivity contribution in [3.05, 3.63) is 78.1 Å². The molecule has 33 heavy (non-hydrogen) atoms. The standard InChI is InChI=1S/C27H28N4O2/c1-29-11-13-31(14-12-29)17-21-5-3-4-6-23(21)20-9-7-19(8-10-20)22-15-24(27(32)33)26-25(16-22)28-18-30(26)2/h3-10,15-16,18H,11-14,17H2,1-2H3,(H,32,33). The lowest BCUT2D eigenvalue weighted by molar-refractivity contribution is 0.0698. The molecular weight excluding hydrogens is 412 g/mol. The van der Waals surface area contributed by atoms with Crippen LogP contribution < -0.4 is 0 Å². The van der Waals surface area contributed by atoms with E-state index in [1.165, 1.54) is 16.7 Å². The first-order valence-corrected chi connectivity index (χ1v) is 11.3. The van der Waals surface area contributed by atoms with E-state index in [9.17, 15) is 9.90 Å². The van der Waals surface area contributed by atoms with E-state index in [-0.39, 0.29) is 5.56 Å². The second-order valence-electron chi connectivity index (χ2n) is 8.87. The molecule has 1 saturated heterocycles. The molecule has 3 aromatic carbocycles. The molecule has 6 nitrogen and oxygen atoms in total. The van der Waals surface area contributed by atoms with E-state index in [0.717, 1.165) is 43.9 Å². The summed E-state index contributed by atoms with van der Waals surface area (Å²) in [5.41, 5.74) is 7.17. The van der Waals surface area contributed by atoms with Gasteiger partial charge in [0.15, 0.2) is 0 Å². The second kappa shape index (κ2) is 8.81. The van der Waals surface area contributed by atoms with Crippen molar-refractivity contribution in [2.45, 2.75) is 6.54 Å². The molecule has 2 heterocycles. The maximum Gasteiger partial charge on any atom is 0.337 e. The third kappa shape index (κ3) is 4.27. The number of carbonyl (C=O) groups is 1. The van der Waals surface area contributed by atoms with Gasteiger partial charge < -0.3 is 14.6 Å². The molecule has 1 aliphatic rings. The summed E-state index contributed by atoms with van der Waals surface area (Å²) in [7, 11) is 3.99. The molecule has 0 amide bonds. The summed E-state index contributed by atoms with van der Waals surface area (Å²) in [6.45, 7) is 5.34. The highest BCUT2D eigenvalue weighted by atomic mass is 16.4. The lowest BCUT2D eigenvalue weighted by Crippen LogP contribution is -2.43. The van der Waals surface area contributed by atoms with Crippen molar-refractivity contribution in [3.63, 3.8) is 0 Å². The van der Waals surface area contributed by atoms with E-state index < -0.39 is 5.97 Å². The minimum absolute atomic E-state index is 0.268. The van der Waals surface area contributed by atoms with Crippen LogP contribution in [0.4, 0.5) is 0 Å². The Bertz CT molecular complexity index is 1300. The topological polar surface area (TPSA) is 61.6 Å². The Balaban J connectivity index is 1.45. The van der Waals surface area contributed by atoms with Crippen molar-refractivity contribution in [3.8, 4) is 22.3 Å². The fourth-order valence-corrected chi connectivity index (χ4v) is 4.65. The third-order valence-electron chi connectivity index (χ3n) is 6.58. The Morgan fingerprint density at radius 1 is 0.909 bits per heavy atom. The van der Waals surface area contributed by atoms with Crippen LogP contribution in [0.2, 0.25) is 0 Å². The molecule has 0 saturated carbocycles. The van der Waals surface area contributed by atoms with E-state index in [2.05, 4.69) is 70.4 Å². The highest BCUT2D eigenvalue weighted by Crippen LogP contribution is 2.31. The maximum atomic E-state index is 11.9. The van der Waals surface area contributed by atoms with Crippen LogP contribution in [-0.4, -0.2) is 63.7 Å². The van der Waals surface area contributed by atoms with Crippen molar-refractivity contribution < 1.29 is 9.90 Å². The van der Waals surface area contributed by atoms with Gasteiger partial charge in [-0.15, -0.1) is 0 Å². The van der Waals surface area contributed by atoms with Crippen molar-refractivity contribution in [2.75, 3.05) is 33.2 Å². The van der Waals surface area contributed by atoms with Gasteiger partial charge in [0.1, 0.15) is 0 Å². The number of imidazole rings is 1. The van der Waals surface area contributed by atoms with Crippen LogP contribution in [0.15, 0.2) is 67.0 Å². The zero-order valence-electron chi connectivity index (χ0n) is 19.0. The fourth-order valence-electron chi connectivity index (χ4n) is 4.65. The monoisotopic (exact) mass is 440 g/mol. The number of likely N-dealkylation sites (N-methyl/N-ethyl adjacent to an activating group) is 1. The molecule has 4 aromatic rings. The predicted octanol–water partition coefficient (Wildman–Crippen LogP) is 4.35. The molecule has 0 spiro atoms. The zero-order valence-corrected chi connectivity index (χ0v) is 19.0. The number of carboxylic acid groups (broad SMARTS) is 1. The highest BCUT2D eigenvalue weighted by molar-refractivity contribution is 6.03. The lowest BCUT2D eigenvalue weighted by Gasteiger charge is -2.32. The minimum atomic E-state index is -0.945. The Hall–Kier alpha value is -3.48. The van der Waals surface area contributed by atoms with Crippen LogP contribution >= 0.6 is 0 Å². The Morgan fingerprint density at radius 3 is 2.33 bits per heavy atom. The molecule has 1 fully saturated rings. The maximum absolute atomic E-state index is 11.9. The molecule has 0 aliphatic carbocycles. The second-order valence-corrected chi connectivity index (χ2v) is 8.87. The molecule has 6 heteroatoms. The molecular formula is C27H28N4O2. The summed E-state index contributed by atoms with van der Waals surface area (Å²) in [6, 6.07) is 20.7. The number of aromatic carboxylic acids is 1. The normalized spacial score (nSPS) is 15.2. The predicted molar refractivity (Wildman–Crippen MR) is 131 cm³/mol. The summed E-state index contributed by atoms with van der Waals surface area (Å²) in [5.74, 6) is -0.945. The van der Waals surface area contributed by atoms with Crippen LogP contribution in [0.5, 0.6) is 0 Å². The minimum Gasteiger partial charge on any atom is -0.478 e. The van der Waals surface area contributed by atoms with Gasteiger partial charge in [0.2, 0.25) is 0 Å². The van der Waals surface area contributed by atoms with Crippen molar-refractivity contribution in [1.29, 1.82) is 0 Å². The SMILES string of the molecule is CN1CCN(Cc2ccccc2-c2ccc(-c3cc(C(=O)O)c4c(c3)ncn4C)cc2)CC1. The largest absolute Gasteiger partial charge is 0.478 e.